The molecule has 0 aromatic carbocycles. The van der Waals surface area contributed by atoms with E-state index in [-0.39, 0.29) is 5.60 Å². The van der Waals surface area contributed by atoms with Crippen LogP contribution in [0.15, 0.2) is 0 Å². The third-order valence-corrected chi connectivity index (χ3v) is 4.21. The molecule has 0 amide bonds. The van der Waals surface area contributed by atoms with Crippen molar-refractivity contribution in [3.05, 3.63) is 0 Å². The van der Waals surface area contributed by atoms with Gasteiger partial charge in [0.25, 0.3) is 0 Å². The topological polar surface area (TPSA) is 47.3 Å². The van der Waals surface area contributed by atoms with Gasteiger partial charge in [0.05, 0.1) is 5.60 Å². The molecule has 1 unspecified atom stereocenters. The molecule has 1 atom stereocenters. The first-order chi connectivity index (χ1) is 8.26. The Morgan fingerprint density at radius 3 is 2.41 bits per heavy atom. The molecular formula is C14H30N2O. The number of nitrogens with one attached hydrogen (secondary N) is 1. The van der Waals surface area contributed by atoms with Crippen LogP contribution in [-0.2, 0) is 4.74 Å². The van der Waals surface area contributed by atoms with E-state index in [0.717, 1.165) is 6.42 Å². The van der Waals surface area contributed by atoms with Crippen molar-refractivity contribution < 1.29 is 4.74 Å². The van der Waals surface area contributed by atoms with Crippen LogP contribution in [0.1, 0.15) is 71.1 Å². The van der Waals surface area contributed by atoms with Gasteiger partial charge in [-0.2, -0.15) is 0 Å². The molecule has 0 spiro atoms. The molecule has 3 N–H and O–H groups in total. The van der Waals surface area contributed by atoms with Gasteiger partial charge in [0.1, 0.15) is 0 Å². The van der Waals surface area contributed by atoms with E-state index in [0.29, 0.717) is 6.04 Å². The van der Waals surface area contributed by atoms with E-state index in [1.807, 2.05) is 7.11 Å². The first-order valence-corrected chi connectivity index (χ1v) is 7.27. The summed E-state index contributed by atoms with van der Waals surface area (Å²) in [6.07, 6.45) is 12.6. The maximum absolute atomic E-state index is 5.66. The Balaban J connectivity index is 2.14. The molecule has 3 nitrogen and oxygen atoms in total. The average molecular weight is 242 g/mol. The maximum atomic E-state index is 5.66. The van der Waals surface area contributed by atoms with Crippen LogP contribution in [0.2, 0.25) is 0 Å². The normalized spacial score (nSPS) is 19.9. The number of unbranched alkanes of at least 4 members (excludes halogenated alkanes) is 4. The van der Waals surface area contributed by atoms with Gasteiger partial charge in [-0.15, -0.1) is 0 Å². The van der Waals surface area contributed by atoms with E-state index in [9.17, 15) is 0 Å². The Kier molecular flexibility index (Phi) is 7.09. The third-order valence-electron chi connectivity index (χ3n) is 4.21. The van der Waals surface area contributed by atoms with Crippen LogP contribution in [-0.4, -0.2) is 18.8 Å². The predicted octanol–water partition coefficient (Wildman–Crippen LogP) is 3.14. The molecule has 1 aliphatic rings. The van der Waals surface area contributed by atoms with E-state index in [1.54, 1.807) is 0 Å². The summed E-state index contributed by atoms with van der Waals surface area (Å²) in [4.78, 5) is 0. The van der Waals surface area contributed by atoms with Crippen LogP contribution in [0.25, 0.3) is 0 Å². The molecule has 1 saturated carbocycles. The highest BCUT2D eigenvalue weighted by Gasteiger charge is 2.38. The van der Waals surface area contributed by atoms with Gasteiger partial charge in [-0.05, 0) is 32.1 Å². The lowest BCUT2D eigenvalue weighted by Gasteiger charge is -2.42. The first-order valence-electron chi connectivity index (χ1n) is 7.27. The summed E-state index contributed by atoms with van der Waals surface area (Å²) < 4.78 is 5.66. The fourth-order valence-electron chi connectivity index (χ4n) is 2.75. The number of hydrazine groups is 1. The third kappa shape index (κ3) is 4.94. The van der Waals surface area contributed by atoms with Crippen molar-refractivity contribution in [1.82, 2.24) is 5.43 Å². The molecule has 1 rings (SSSR count). The van der Waals surface area contributed by atoms with E-state index < -0.39 is 0 Å². The maximum Gasteiger partial charge on any atom is 0.0694 e. The lowest BCUT2D eigenvalue weighted by molar-refractivity contribution is -0.0840. The second-order valence-electron chi connectivity index (χ2n) is 5.51. The molecule has 0 aromatic rings. The number of hydrogen-bond acceptors (Lipinski definition) is 3. The lowest BCUT2D eigenvalue weighted by atomic mass is 9.75. The Morgan fingerprint density at radius 1 is 1.24 bits per heavy atom. The summed E-state index contributed by atoms with van der Waals surface area (Å²) in [6, 6.07) is 0.428. The van der Waals surface area contributed by atoms with Crippen LogP contribution in [0, 0.1) is 0 Å². The Labute approximate surface area is 106 Å². The smallest absolute Gasteiger partial charge is 0.0694 e. The largest absolute Gasteiger partial charge is 0.378 e. The number of ether oxygens (including phenoxy) is 1. The summed E-state index contributed by atoms with van der Waals surface area (Å²) >= 11 is 0. The highest BCUT2D eigenvalue weighted by Crippen LogP contribution is 2.39. The van der Waals surface area contributed by atoms with Gasteiger partial charge in [-0.25, -0.2) is 0 Å². The summed E-state index contributed by atoms with van der Waals surface area (Å²) in [5, 5.41) is 0. The molecule has 102 valence electrons. The van der Waals surface area contributed by atoms with E-state index in [1.165, 1.54) is 57.8 Å². The zero-order chi connectivity index (χ0) is 12.6. The molecule has 0 bridgehead atoms. The van der Waals surface area contributed by atoms with E-state index in [4.69, 9.17) is 10.6 Å². The molecular weight excluding hydrogens is 212 g/mol. The van der Waals surface area contributed by atoms with Gasteiger partial charge in [0, 0.05) is 13.2 Å². The molecule has 3 heteroatoms. The number of hydrogen-bond donors (Lipinski definition) is 2. The van der Waals surface area contributed by atoms with Crippen LogP contribution >= 0.6 is 0 Å². The molecule has 0 radical (unpaired) electrons. The van der Waals surface area contributed by atoms with E-state index >= 15 is 0 Å². The molecule has 0 aliphatic heterocycles. The molecule has 0 aromatic heterocycles. The van der Waals surface area contributed by atoms with Crippen molar-refractivity contribution in [3.63, 3.8) is 0 Å². The molecule has 1 aliphatic carbocycles. The number of rotatable bonds is 10. The standard InChI is InChI=1S/C14H30N2O/c1-3-4-5-6-7-9-13(16-15)12-14(17-2)10-8-11-14/h13,16H,3-12,15H2,1-2H3. The van der Waals surface area contributed by atoms with Gasteiger partial charge in [-0.3, -0.25) is 11.3 Å². The Morgan fingerprint density at radius 2 is 1.94 bits per heavy atom. The summed E-state index contributed by atoms with van der Waals surface area (Å²) in [5.74, 6) is 5.65. The van der Waals surface area contributed by atoms with Gasteiger partial charge >= 0.3 is 0 Å². The monoisotopic (exact) mass is 242 g/mol. The first kappa shape index (κ1) is 14.9. The van der Waals surface area contributed by atoms with Crippen LogP contribution < -0.4 is 11.3 Å². The minimum absolute atomic E-state index is 0.139. The highest BCUT2D eigenvalue weighted by molar-refractivity contribution is 4.92. The van der Waals surface area contributed by atoms with Gasteiger partial charge in [-0.1, -0.05) is 39.0 Å². The lowest BCUT2D eigenvalue weighted by Crippen LogP contribution is -2.47. The SMILES string of the molecule is CCCCCCCC(CC1(OC)CCC1)NN. The molecule has 0 saturated heterocycles. The van der Waals surface area contributed by atoms with Crippen molar-refractivity contribution in [3.8, 4) is 0 Å². The quantitative estimate of drug-likeness (QED) is 0.351. The number of nitrogens with two attached hydrogens (primary N) is 1. The fourth-order valence-corrected chi connectivity index (χ4v) is 2.75. The van der Waals surface area contributed by atoms with Crippen LogP contribution in [0.3, 0.4) is 0 Å². The predicted molar refractivity (Wildman–Crippen MR) is 72.7 cm³/mol. The molecule has 0 heterocycles. The van der Waals surface area contributed by atoms with Gasteiger partial charge < -0.3 is 4.74 Å². The summed E-state index contributed by atoms with van der Waals surface area (Å²) in [7, 11) is 1.84. The van der Waals surface area contributed by atoms with Gasteiger partial charge in [0.2, 0.25) is 0 Å². The Bertz CT molecular complexity index is 187. The van der Waals surface area contributed by atoms with E-state index in [2.05, 4.69) is 12.3 Å². The van der Waals surface area contributed by atoms with Crippen molar-refractivity contribution in [1.29, 1.82) is 0 Å². The summed E-state index contributed by atoms with van der Waals surface area (Å²) in [6.45, 7) is 2.25. The van der Waals surface area contributed by atoms with Crippen LogP contribution in [0.4, 0.5) is 0 Å². The number of methoxy groups -OCH3 is 1. The average Bonchev–Trinajstić information content (AvgIpc) is 2.31. The molecule has 1 fully saturated rings. The second kappa shape index (κ2) is 8.06. The van der Waals surface area contributed by atoms with Gasteiger partial charge in [0.15, 0.2) is 0 Å². The fraction of sp³-hybridized carbons (Fsp3) is 1.00. The minimum atomic E-state index is 0.139. The zero-order valence-electron chi connectivity index (χ0n) is 11.6. The highest BCUT2D eigenvalue weighted by atomic mass is 16.5. The van der Waals surface area contributed by atoms with Crippen molar-refractivity contribution in [2.24, 2.45) is 5.84 Å². The van der Waals surface area contributed by atoms with Crippen molar-refractivity contribution in [2.75, 3.05) is 7.11 Å². The van der Waals surface area contributed by atoms with Crippen molar-refractivity contribution >= 4 is 0 Å². The minimum Gasteiger partial charge on any atom is -0.378 e. The molecule has 17 heavy (non-hydrogen) atoms. The zero-order valence-corrected chi connectivity index (χ0v) is 11.6. The van der Waals surface area contributed by atoms with Crippen LogP contribution in [0.5, 0.6) is 0 Å². The van der Waals surface area contributed by atoms with Crippen molar-refractivity contribution in [2.45, 2.75) is 82.8 Å². The Hall–Kier alpha value is -0.120. The second-order valence-corrected chi connectivity index (χ2v) is 5.51. The summed E-state index contributed by atoms with van der Waals surface area (Å²) in [5.41, 5.74) is 3.11.